The lowest BCUT2D eigenvalue weighted by molar-refractivity contribution is 0.185. The predicted molar refractivity (Wildman–Crippen MR) is 114 cm³/mol. The van der Waals surface area contributed by atoms with E-state index in [2.05, 4.69) is 10.0 Å². The van der Waals surface area contributed by atoms with Crippen LogP contribution in [0.5, 0.6) is 0 Å². The van der Waals surface area contributed by atoms with Gasteiger partial charge in [0.15, 0.2) is 5.11 Å². The first kappa shape index (κ1) is 20.1. The molecule has 2 N–H and O–H groups in total. The van der Waals surface area contributed by atoms with Crippen LogP contribution in [-0.2, 0) is 13.1 Å². The highest BCUT2D eigenvalue weighted by atomic mass is 35.5. The summed E-state index contributed by atoms with van der Waals surface area (Å²) in [6.07, 6.45) is 6.82. The molecule has 8 heteroatoms. The number of hydrogen-bond acceptors (Lipinski definition) is 4. The fourth-order valence-corrected chi connectivity index (χ4v) is 3.78. The normalized spacial score (nSPS) is 18.1. The average Bonchev–Trinajstić information content (AvgIpc) is 3.15. The second kappa shape index (κ2) is 9.55. The molecule has 1 atom stereocenters. The van der Waals surface area contributed by atoms with Gasteiger partial charge < -0.3 is 10.2 Å². The van der Waals surface area contributed by atoms with Gasteiger partial charge in [-0.15, -0.1) is 0 Å². The number of benzene rings is 1. The van der Waals surface area contributed by atoms with E-state index in [1.54, 1.807) is 11.3 Å². The van der Waals surface area contributed by atoms with Crippen LogP contribution in [0.15, 0.2) is 46.1 Å². The van der Waals surface area contributed by atoms with E-state index in [1.807, 2.05) is 36.5 Å². The van der Waals surface area contributed by atoms with Gasteiger partial charge in [0.2, 0.25) is 0 Å². The van der Waals surface area contributed by atoms with Crippen molar-refractivity contribution in [3.05, 3.63) is 58.0 Å². The second-order valence-corrected chi connectivity index (χ2v) is 7.71. The molecule has 1 aromatic carbocycles. The largest absolute Gasteiger partial charge is 0.467 e. The number of rotatable bonds is 6. The van der Waals surface area contributed by atoms with Crippen LogP contribution < -0.4 is 5.73 Å². The van der Waals surface area contributed by atoms with Crippen molar-refractivity contribution in [1.29, 1.82) is 0 Å². The van der Waals surface area contributed by atoms with Gasteiger partial charge in [-0.2, -0.15) is 5.10 Å². The standard InChI is InChI=1S/C19H22Cl2N4OS/c20-17-7-3-8-18(21)16(17)13-24-9-2-1-5-14(24)11-23-25(19(22)27)12-15-6-4-10-26-15/h3-4,6-8,10-11,14H,1-2,5,9,12-13H2,(H2,22,27). The highest BCUT2D eigenvalue weighted by Crippen LogP contribution is 2.28. The lowest BCUT2D eigenvalue weighted by atomic mass is 10.0. The van der Waals surface area contributed by atoms with Gasteiger partial charge in [-0.25, -0.2) is 5.01 Å². The summed E-state index contributed by atoms with van der Waals surface area (Å²) in [5, 5.41) is 7.69. The molecular formula is C19H22Cl2N4OS. The third-order valence-electron chi connectivity index (χ3n) is 4.61. The van der Waals surface area contributed by atoms with Crippen LogP contribution in [0.4, 0.5) is 0 Å². The first-order chi connectivity index (χ1) is 13.0. The number of piperidine rings is 1. The molecule has 0 aliphatic carbocycles. The van der Waals surface area contributed by atoms with Crippen LogP contribution in [0.25, 0.3) is 0 Å². The number of thiocarbonyl (C=S) groups is 1. The van der Waals surface area contributed by atoms with Crippen LogP contribution in [0.2, 0.25) is 10.0 Å². The second-order valence-electron chi connectivity index (χ2n) is 6.47. The number of nitrogens with zero attached hydrogens (tertiary/aromatic N) is 3. The van der Waals surface area contributed by atoms with Crippen molar-refractivity contribution in [3.63, 3.8) is 0 Å². The summed E-state index contributed by atoms with van der Waals surface area (Å²) < 4.78 is 5.36. The number of likely N-dealkylation sites (tertiary alicyclic amines) is 1. The highest BCUT2D eigenvalue weighted by molar-refractivity contribution is 7.80. The van der Waals surface area contributed by atoms with Crippen molar-refractivity contribution >= 4 is 46.7 Å². The maximum Gasteiger partial charge on any atom is 0.187 e. The molecule has 3 rings (SSSR count). The fourth-order valence-electron chi connectivity index (χ4n) is 3.15. The van der Waals surface area contributed by atoms with E-state index in [-0.39, 0.29) is 11.2 Å². The fraction of sp³-hybridized carbons (Fsp3) is 0.368. The van der Waals surface area contributed by atoms with Gasteiger partial charge in [-0.05, 0) is 55.9 Å². The number of nitrogens with two attached hydrogens (primary N) is 1. The Morgan fingerprint density at radius 2 is 2.07 bits per heavy atom. The van der Waals surface area contributed by atoms with Gasteiger partial charge >= 0.3 is 0 Å². The van der Waals surface area contributed by atoms with Gasteiger partial charge in [0.05, 0.1) is 6.26 Å². The average molecular weight is 425 g/mol. The molecule has 0 bridgehead atoms. The van der Waals surface area contributed by atoms with Gasteiger partial charge in [-0.1, -0.05) is 35.7 Å². The predicted octanol–water partition coefficient (Wildman–Crippen LogP) is 4.67. The number of hydrazone groups is 1. The van der Waals surface area contributed by atoms with Crippen LogP contribution in [-0.4, -0.2) is 33.8 Å². The summed E-state index contributed by atoms with van der Waals surface area (Å²) in [6, 6.07) is 9.46. The SMILES string of the molecule is NC(=S)N(Cc1ccco1)N=CC1CCCCN1Cc1c(Cl)cccc1Cl. The van der Waals surface area contributed by atoms with Crippen molar-refractivity contribution in [2.45, 2.75) is 38.4 Å². The monoisotopic (exact) mass is 424 g/mol. The summed E-state index contributed by atoms with van der Waals surface area (Å²) >= 11 is 17.8. The topological polar surface area (TPSA) is 58.0 Å². The van der Waals surface area contributed by atoms with E-state index < -0.39 is 0 Å². The van der Waals surface area contributed by atoms with E-state index in [0.29, 0.717) is 23.1 Å². The molecule has 1 fully saturated rings. The lowest BCUT2D eigenvalue weighted by Gasteiger charge is -2.34. The van der Waals surface area contributed by atoms with Crippen LogP contribution in [0, 0.1) is 0 Å². The Labute approximate surface area is 174 Å². The summed E-state index contributed by atoms with van der Waals surface area (Å²) in [5.74, 6) is 0.753. The molecule has 1 unspecified atom stereocenters. The first-order valence-corrected chi connectivity index (χ1v) is 10.0. The molecule has 1 aromatic heterocycles. The maximum atomic E-state index is 6.35. The molecule has 2 heterocycles. The zero-order valence-electron chi connectivity index (χ0n) is 14.9. The molecule has 0 radical (unpaired) electrons. The zero-order valence-corrected chi connectivity index (χ0v) is 17.2. The zero-order chi connectivity index (χ0) is 19.2. The maximum absolute atomic E-state index is 6.35. The Morgan fingerprint density at radius 1 is 1.30 bits per heavy atom. The third kappa shape index (κ3) is 5.45. The first-order valence-electron chi connectivity index (χ1n) is 8.85. The van der Waals surface area contributed by atoms with Crippen molar-refractivity contribution in [2.75, 3.05) is 6.54 Å². The molecule has 5 nitrogen and oxygen atoms in total. The lowest BCUT2D eigenvalue weighted by Crippen LogP contribution is -2.41. The van der Waals surface area contributed by atoms with E-state index >= 15 is 0 Å². The summed E-state index contributed by atoms with van der Waals surface area (Å²) in [6.45, 7) is 2.05. The molecule has 0 spiro atoms. The van der Waals surface area contributed by atoms with Gasteiger partial charge in [-0.3, -0.25) is 4.90 Å². The molecule has 1 saturated heterocycles. The minimum atomic E-state index is 0.166. The van der Waals surface area contributed by atoms with Crippen LogP contribution >= 0.6 is 35.4 Å². The van der Waals surface area contributed by atoms with Crippen LogP contribution in [0.1, 0.15) is 30.6 Å². The van der Waals surface area contributed by atoms with Crippen LogP contribution in [0.3, 0.4) is 0 Å². The van der Waals surface area contributed by atoms with Crippen molar-refractivity contribution in [1.82, 2.24) is 9.91 Å². The molecule has 144 valence electrons. The van der Waals surface area contributed by atoms with E-state index in [0.717, 1.165) is 37.1 Å². The third-order valence-corrected chi connectivity index (χ3v) is 5.52. The Kier molecular flexibility index (Phi) is 7.13. The molecule has 2 aromatic rings. The highest BCUT2D eigenvalue weighted by Gasteiger charge is 2.23. The Morgan fingerprint density at radius 3 is 2.74 bits per heavy atom. The van der Waals surface area contributed by atoms with Gasteiger partial charge in [0.1, 0.15) is 12.3 Å². The number of furan rings is 1. The minimum absolute atomic E-state index is 0.166. The quantitative estimate of drug-likeness (QED) is 0.414. The summed E-state index contributed by atoms with van der Waals surface area (Å²) in [5.41, 5.74) is 6.77. The van der Waals surface area contributed by atoms with Gasteiger partial charge in [0.25, 0.3) is 0 Å². The Balaban J connectivity index is 1.72. The van der Waals surface area contributed by atoms with E-state index in [4.69, 9.17) is 45.6 Å². The smallest absolute Gasteiger partial charge is 0.187 e. The molecule has 27 heavy (non-hydrogen) atoms. The summed E-state index contributed by atoms with van der Waals surface area (Å²) in [7, 11) is 0. The van der Waals surface area contributed by atoms with Gasteiger partial charge in [0, 0.05) is 34.4 Å². The Hall–Kier alpha value is -1.60. The van der Waals surface area contributed by atoms with E-state index in [9.17, 15) is 0 Å². The molecule has 0 saturated carbocycles. The molecule has 1 aliphatic rings. The number of hydrogen-bond donors (Lipinski definition) is 1. The summed E-state index contributed by atoms with van der Waals surface area (Å²) in [4.78, 5) is 2.34. The van der Waals surface area contributed by atoms with Crippen molar-refractivity contribution < 1.29 is 4.42 Å². The molecule has 1 aliphatic heterocycles. The Bertz CT molecular complexity index is 777. The van der Waals surface area contributed by atoms with Crippen molar-refractivity contribution in [2.24, 2.45) is 10.8 Å². The molecule has 0 amide bonds. The van der Waals surface area contributed by atoms with Crippen molar-refractivity contribution in [3.8, 4) is 0 Å². The molecular weight excluding hydrogens is 403 g/mol. The minimum Gasteiger partial charge on any atom is -0.467 e. The number of halogens is 2. The van der Waals surface area contributed by atoms with E-state index in [1.165, 1.54) is 0 Å².